The van der Waals surface area contributed by atoms with Crippen molar-refractivity contribution in [3.63, 3.8) is 0 Å². The molecule has 0 atom stereocenters. The van der Waals surface area contributed by atoms with Crippen molar-refractivity contribution in [2.24, 2.45) is 0 Å². The van der Waals surface area contributed by atoms with Gasteiger partial charge in [-0.25, -0.2) is 0 Å². The summed E-state index contributed by atoms with van der Waals surface area (Å²) in [6.45, 7) is 4.66. The second-order valence-corrected chi connectivity index (χ2v) is 4.98. The molecule has 1 nitrogen and oxygen atoms in total. The predicted molar refractivity (Wildman–Crippen MR) is 84.3 cm³/mol. The zero-order valence-corrected chi connectivity index (χ0v) is 12.5. The van der Waals surface area contributed by atoms with Gasteiger partial charge in [-0.15, -0.1) is 11.6 Å². The number of rotatable bonds is 3. The first kappa shape index (κ1) is 14.5. The summed E-state index contributed by atoms with van der Waals surface area (Å²) in [6, 6.07) is 14.3. The van der Waals surface area contributed by atoms with Gasteiger partial charge in [-0.05, 0) is 37.1 Å². The fourth-order valence-electron chi connectivity index (χ4n) is 1.96. The Morgan fingerprint density at radius 1 is 1.05 bits per heavy atom. The molecule has 2 aromatic rings. The zero-order chi connectivity index (χ0) is 14.4. The van der Waals surface area contributed by atoms with Gasteiger partial charge in [-0.1, -0.05) is 47.7 Å². The average Bonchev–Trinajstić information content (AvgIpc) is 2.44. The maximum Gasteiger partial charge on any atom is 0.135 e. The van der Waals surface area contributed by atoms with Crippen molar-refractivity contribution in [2.45, 2.75) is 20.5 Å². The van der Waals surface area contributed by atoms with Crippen LogP contribution in [0.4, 0.5) is 0 Å². The first-order valence-electron chi connectivity index (χ1n) is 6.53. The minimum Gasteiger partial charge on any atom is -0.488 e. The lowest BCUT2D eigenvalue weighted by molar-refractivity contribution is 0.305. The number of ether oxygens (including phenoxy) is 1. The van der Waals surface area contributed by atoms with Gasteiger partial charge in [0.1, 0.15) is 12.4 Å². The highest BCUT2D eigenvalue weighted by Gasteiger charge is 2.02. The summed E-state index contributed by atoms with van der Waals surface area (Å²) in [7, 11) is 0. The summed E-state index contributed by atoms with van der Waals surface area (Å²) < 4.78 is 5.88. The fraction of sp³-hybridized carbons (Fsp3) is 0.222. The van der Waals surface area contributed by atoms with Crippen molar-refractivity contribution in [3.8, 4) is 17.6 Å². The van der Waals surface area contributed by atoms with Crippen molar-refractivity contribution in [3.05, 3.63) is 64.7 Å². The van der Waals surface area contributed by atoms with E-state index in [1.165, 1.54) is 5.56 Å². The summed E-state index contributed by atoms with van der Waals surface area (Å²) >= 11 is 5.62. The fourth-order valence-corrected chi connectivity index (χ4v) is 2.03. The monoisotopic (exact) mass is 284 g/mol. The van der Waals surface area contributed by atoms with E-state index in [4.69, 9.17) is 16.3 Å². The first-order valence-corrected chi connectivity index (χ1v) is 7.06. The normalized spacial score (nSPS) is 9.75. The summed E-state index contributed by atoms with van der Waals surface area (Å²) in [5.74, 6) is 7.04. The molecule has 0 aliphatic carbocycles. The predicted octanol–water partition coefficient (Wildman–Crippen LogP) is 4.47. The molecule has 0 bridgehead atoms. The van der Waals surface area contributed by atoms with Gasteiger partial charge < -0.3 is 4.74 Å². The summed E-state index contributed by atoms with van der Waals surface area (Å²) in [6.07, 6.45) is 0. The van der Waals surface area contributed by atoms with Crippen LogP contribution < -0.4 is 4.74 Å². The van der Waals surface area contributed by atoms with E-state index in [2.05, 4.69) is 37.0 Å². The third-order valence-electron chi connectivity index (χ3n) is 2.90. The quantitative estimate of drug-likeness (QED) is 0.597. The molecular weight excluding hydrogens is 268 g/mol. The van der Waals surface area contributed by atoms with Crippen molar-refractivity contribution in [2.75, 3.05) is 5.88 Å². The largest absolute Gasteiger partial charge is 0.488 e. The Morgan fingerprint density at radius 3 is 2.60 bits per heavy atom. The molecule has 0 radical (unpaired) electrons. The molecule has 0 fully saturated rings. The molecule has 0 N–H and O–H groups in total. The molecular formula is C18H17ClO. The standard InChI is InChI=1S/C18H17ClO/c1-14-5-3-6-16(11-14)13-20-18-9-8-15(2)12-17(18)7-4-10-19/h3,5-6,8-9,11-12H,10,13H2,1-2H3. The van der Waals surface area contributed by atoms with Gasteiger partial charge in [-0.2, -0.15) is 0 Å². The van der Waals surface area contributed by atoms with E-state index in [9.17, 15) is 0 Å². The molecule has 0 saturated carbocycles. The minimum atomic E-state index is 0.325. The number of aryl methyl sites for hydroxylation is 2. The Balaban J connectivity index is 2.16. The van der Waals surface area contributed by atoms with Gasteiger partial charge in [0.25, 0.3) is 0 Å². The second-order valence-electron chi connectivity index (χ2n) is 4.71. The number of hydrogen-bond donors (Lipinski definition) is 0. The lowest BCUT2D eigenvalue weighted by Gasteiger charge is -2.09. The lowest BCUT2D eigenvalue weighted by Crippen LogP contribution is -1.98. The summed E-state index contributed by atoms with van der Waals surface area (Å²) in [4.78, 5) is 0. The highest BCUT2D eigenvalue weighted by molar-refractivity contribution is 6.19. The Labute approximate surface area is 125 Å². The smallest absolute Gasteiger partial charge is 0.135 e. The molecule has 0 aliphatic heterocycles. The van der Waals surface area contributed by atoms with Gasteiger partial charge in [0.2, 0.25) is 0 Å². The molecule has 0 saturated heterocycles. The van der Waals surface area contributed by atoms with Gasteiger partial charge in [-0.3, -0.25) is 0 Å². The third kappa shape index (κ3) is 4.05. The van der Waals surface area contributed by atoms with E-state index in [0.29, 0.717) is 12.5 Å². The van der Waals surface area contributed by atoms with E-state index in [-0.39, 0.29) is 0 Å². The van der Waals surface area contributed by atoms with Crippen LogP contribution in [0.1, 0.15) is 22.3 Å². The van der Waals surface area contributed by atoms with Crippen LogP contribution in [0.15, 0.2) is 42.5 Å². The van der Waals surface area contributed by atoms with Crippen LogP contribution in [0, 0.1) is 25.7 Å². The molecule has 0 amide bonds. The Hall–Kier alpha value is -1.91. The molecule has 2 aromatic carbocycles. The molecule has 0 unspecified atom stereocenters. The number of alkyl halides is 1. The van der Waals surface area contributed by atoms with E-state index in [1.807, 2.05) is 31.2 Å². The van der Waals surface area contributed by atoms with Gasteiger partial charge in [0, 0.05) is 0 Å². The van der Waals surface area contributed by atoms with Crippen molar-refractivity contribution in [1.29, 1.82) is 0 Å². The van der Waals surface area contributed by atoms with Crippen LogP contribution >= 0.6 is 11.6 Å². The first-order chi connectivity index (χ1) is 9.69. The molecule has 2 rings (SSSR count). The molecule has 0 heterocycles. The van der Waals surface area contributed by atoms with Crippen molar-refractivity contribution in [1.82, 2.24) is 0 Å². The van der Waals surface area contributed by atoms with Crippen LogP contribution in [0.3, 0.4) is 0 Å². The Bertz CT molecular complexity index is 650. The SMILES string of the molecule is Cc1cccc(COc2ccc(C)cc2C#CCCl)c1. The molecule has 0 aliphatic rings. The van der Waals surface area contributed by atoms with E-state index in [1.54, 1.807) is 0 Å². The van der Waals surface area contributed by atoms with E-state index >= 15 is 0 Å². The maximum atomic E-state index is 5.88. The molecule has 20 heavy (non-hydrogen) atoms. The Morgan fingerprint density at radius 2 is 1.85 bits per heavy atom. The Kier molecular flexibility index (Phi) is 5.09. The van der Waals surface area contributed by atoms with Crippen LogP contribution in [0.5, 0.6) is 5.75 Å². The highest BCUT2D eigenvalue weighted by Crippen LogP contribution is 2.20. The average molecular weight is 285 g/mol. The second kappa shape index (κ2) is 7.03. The third-order valence-corrected chi connectivity index (χ3v) is 3.04. The minimum absolute atomic E-state index is 0.325. The zero-order valence-electron chi connectivity index (χ0n) is 11.7. The summed E-state index contributed by atoms with van der Waals surface area (Å²) in [5, 5.41) is 0. The van der Waals surface area contributed by atoms with Gasteiger partial charge in [0.15, 0.2) is 0 Å². The van der Waals surface area contributed by atoms with E-state index < -0.39 is 0 Å². The van der Waals surface area contributed by atoms with Crippen molar-refractivity contribution >= 4 is 11.6 Å². The molecule has 102 valence electrons. The number of hydrogen-bond acceptors (Lipinski definition) is 1. The van der Waals surface area contributed by atoms with Crippen molar-refractivity contribution < 1.29 is 4.74 Å². The van der Waals surface area contributed by atoms with Crippen LogP contribution in [0.25, 0.3) is 0 Å². The lowest BCUT2D eigenvalue weighted by atomic mass is 10.1. The van der Waals surface area contributed by atoms with Crippen LogP contribution in [-0.4, -0.2) is 5.88 Å². The highest BCUT2D eigenvalue weighted by atomic mass is 35.5. The molecule has 2 heteroatoms. The maximum absolute atomic E-state index is 5.88. The van der Waals surface area contributed by atoms with Crippen LogP contribution in [0.2, 0.25) is 0 Å². The van der Waals surface area contributed by atoms with Gasteiger partial charge in [0.05, 0.1) is 11.4 Å². The van der Waals surface area contributed by atoms with Crippen LogP contribution in [-0.2, 0) is 6.61 Å². The molecule has 0 aromatic heterocycles. The van der Waals surface area contributed by atoms with E-state index in [0.717, 1.165) is 22.4 Å². The van der Waals surface area contributed by atoms with Gasteiger partial charge >= 0.3 is 0 Å². The summed E-state index contributed by atoms with van der Waals surface area (Å²) in [5.41, 5.74) is 4.43. The topological polar surface area (TPSA) is 9.23 Å². The number of halogens is 1. The number of benzene rings is 2. The molecule has 0 spiro atoms.